The summed E-state index contributed by atoms with van der Waals surface area (Å²) in [6.45, 7) is 0.860. The molecule has 1 spiro atoms. The van der Waals surface area contributed by atoms with E-state index in [0.29, 0.717) is 5.69 Å². The Hall–Kier alpha value is -2.34. The fraction of sp³-hybridized carbons (Fsp3) is 0.278. The van der Waals surface area contributed by atoms with E-state index in [2.05, 4.69) is 15.3 Å². The minimum Gasteiger partial charge on any atom is -0.504 e. The van der Waals surface area contributed by atoms with Gasteiger partial charge in [0.15, 0.2) is 11.5 Å². The zero-order chi connectivity index (χ0) is 16.1. The summed E-state index contributed by atoms with van der Waals surface area (Å²) >= 11 is 1.69. The first-order valence-electron chi connectivity index (χ1n) is 8.13. The minimum atomic E-state index is -0.316. The summed E-state index contributed by atoms with van der Waals surface area (Å²) in [5.74, 6) is 0.273. The average molecular weight is 336 g/mol. The normalized spacial score (nSPS) is 30.3. The molecule has 0 radical (unpaired) electrons. The van der Waals surface area contributed by atoms with Gasteiger partial charge in [-0.1, -0.05) is 6.08 Å². The molecule has 24 heavy (non-hydrogen) atoms. The van der Waals surface area contributed by atoms with Gasteiger partial charge in [0.05, 0.1) is 27.3 Å². The number of benzene rings is 1. The van der Waals surface area contributed by atoms with Gasteiger partial charge in [0.1, 0.15) is 12.2 Å². The predicted octanol–water partition coefficient (Wildman–Crippen LogP) is -0.488. The topological polar surface area (TPSA) is 75.7 Å². The first kappa shape index (κ1) is 13.0. The van der Waals surface area contributed by atoms with Crippen molar-refractivity contribution < 1.29 is 14.9 Å². The van der Waals surface area contributed by atoms with Gasteiger partial charge in [0, 0.05) is 17.5 Å². The molecule has 0 aromatic heterocycles. The molecule has 1 fully saturated rings. The van der Waals surface area contributed by atoms with Crippen LogP contribution < -0.4 is 20.9 Å². The van der Waals surface area contributed by atoms with Crippen LogP contribution >= 0.6 is 11.8 Å². The van der Waals surface area contributed by atoms with Crippen LogP contribution in [-0.4, -0.2) is 29.0 Å². The van der Waals surface area contributed by atoms with E-state index in [9.17, 15) is 9.90 Å². The molecule has 4 heterocycles. The molecule has 6 rings (SSSR count). The molecule has 1 unspecified atom stereocenters. The van der Waals surface area contributed by atoms with Crippen molar-refractivity contribution in [3.63, 3.8) is 0 Å². The number of allylic oxidation sites excluding steroid dienone is 4. The lowest BCUT2D eigenvalue weighted by atomic mass is 9.71. The molecule has 0 saturated carbocycles. The number of aliphatic imine (C=N–C) groups is 1. The highest BCUT2D eigenvalue weighted by Gasteiger charge is 2.53. The number of thioether (sulfide) groups is 1. The number of nitrogens with zero attached hydrogens (tertiary/aromatic N) is 1. The fourth-order valence-corrected chi connectivity index (χ4v) is 6.08. The lowest BCUT2D eigenvalue weighted by molar-refractivity contribution is -0.501. The highest BCUT2D eigenvalue weighted by atomic mass is 32.2. The molecule has 2 bridgehead atoms. The molecule has 0 amide bonds. The third kappa shape index (κ3) is 1.33. The van der Waals surface area contributed by atoms with Crippen LogP contribution in [-0.2, 0) is 10.2 Å². The number of nitrogens with one attached hydrogen (secondary N) is 2. The summed E-state index contributed by atoms with van der Waals surface area (Å²) < 4.78 is 0. The van der Waals surface area contributed by atoms with E-state index in [-0.39, 0.29) is 22.3 Å². The molecule has 3 N–H and O–H groups in total. The van der Waals surface area contributed by atoms with Gasteiger partial charge in [-0.15, -0.1) is 11.8 Å². The van der Waals surface area contributed by atoms with Crippen molar-refractivity contribution in [3.8, 4) is 5.75 Å². The van der Waals surface area contributed by atoms with Gasteiger partial charge >= 0.3 is 0 Å². The zero-order valence-corrected chi connectivity index (χ0v) is 13.5. The van der Waals surface area contributed by atoms with Gasteiger partial charge in [-0.05, 0) is 24.1 Å². The van der Waals surface area contributed by atoms with Crippen molar-refractivity contribution in [2.45, 2.75) is 23.6 Å². The van der Waals surface area contributed by atoms with Gasteiger partial charge in [0.2, 0.25) is 5.36 Å². The summed E-state index contributed by atoms with van der Waals surface area (Å²) in [6.07, 6.45) is 9.14. The summed E-state index contributed by atoms with van der Waals surface area (Å²) in [4.78, 5) is 21.0. The van der Waals surface area contributed by atoms with Crippen molar-refractivity contribution in [1.29, 1.82) is 0 Å². The largest absolute Gasteiger partial charge is 0.504 e. The summed E-state index contributed by atoms with van der Waals surface area (Å²) in [7, 11) is 0. The van der Waals surface area contributed by atoms with E-state index >= 15 is 0 Å². The molecule has 5 nitrogen and oxygen atoms in total. The second-order valence-electron chi connectivity index (χ2n) is 6.83. The standard InChI is InChI=1S/C18H13N3O2S/c22-9-1-3-18-6-11(24-10(18)5-9)21-16-13(18)14-12-8(2-4-19-14)7-20-15(12)17(16)23/h1,3,5,7,11,21,23H,2,4,6H2/p+1/t11?,18-/m0/s1. The van der Waals surface area contributed by atoms with Gasteiger partial charge < -0.3 is 10.4 Å². The SMILES string of the molecule is O=C1C=C[C@@]23CC(Nc4c(O)c5c6c(c42)=[NH+]CCC=6C=N5)SC3=C1. The maximum absolute atomic E-state index is 11.9. The molecule has 1 aromatic rings. The number of carbonyl (C=O) groups is 1. The van der Waals surface area contributed by atoms with Crippen LogP contribution in [0, 0.1) is 0 Å². The van der Waals surface area contributed by atoms with E-state index in [4.69, 9.17) is 0 Å². The molecule has 2 atom stereocenters. The summed E-state index contributed by atoms with van der Waals surface area (Å²) in [5.41, 5.74) is 3.37. The van der Waals surface area contributed by atoms with Crippen molar-refractivity contribution >= 4 is 40.7 Å². The highest BCUT2D eigenvalue weighted by molar-refractivity contribution is 8.04. The van der Waals surface area contributed by atoms with E-state index in [1.165, 1.54) is 5.57 Å². The van der Waals surface area contributed by atoms with Crippen molar-refractivity contribution in [3.05, 3.63) is 39.3 Å². The Morgan fingerprint density at radius 1 is 1.46 bits per heavy atom. The van der Waals surface area contributed by atoms with Crippen LogP contribution in [0.4, 0.5) is 11.4 Å². The Balaban J connectivity index is 1.81. The Labute approximate surface area is 141 Å². The van der Waals surface area contributed by atoms with E-state index in [0.717, 1.165) is 46.1 Å². The van der Waals surface area contributed by atoms with Gasteiger partial charge in [-0.2, -0.15) is 0 Å². The Kier molecular flexibility index (Phi) is 2.17. The summed E-state index contributed by atoms with van der Waals surface area (Å²) in [6, 6.07) is 0. The number of hydrogen-bond acceptors (Lipinski definition) is 5. The fourth-order valence-electron chi connectivity index (χ4n) is 4.60. The van der Waals surface area contributed by atoms with Crippen molar-refractivity contribution in [2.24, 2.45) is 4.99 Å². The lowest BCUT2D eigenvalue weighted by Gasteiger charge is -2.34. The quantitative estimate of drug-likeness (QED) is 0.559. The number of aromatic hydroxyl groups is 1. The number of hydrogen-bond donors (Lipinski definition) is 3. The number of phenols is 1. The Morgan fingerprint density at radius 3 is 3.29 bits per heavy atom. The van der Waals surface area contributed by atoms with E-state index in [1.807, 2.05) is 12.3 Å². The van der Waals surface area contributed by atoms with Gasteiger partial charge in [-0.3, -0.25) is 9.79 Å². The number of fused-ring (bicyclic) bond motifs is 3. The van der Waals surface area contributed by atoms with Crippen molar-refractivity contribution in [2.75, 3.05) is 11.9 Å². The van der Waals surface area contributed by atoms with Crippen LogP contribution in [0.25, 0.3) is 5.57 Å². The number of anilines is 1. The van der Waals surface area contributed by atoms with Crippen LogP contribution in [0.15, 0.2) is 28.1 Å². The second-order valence-corrected chi connectivity index (χ2v) is 8.07. The van der Waals surface area contributed by atoms with E-state index < -0.39 is 0 Å². The van der Waals surface area contributed by atoms with Gasteiger partial charge in [0.25, 0.3) is 0 Å². The molecule has 118 valence electrons. The second kappa shape index (κ2) is 4.00. The maximum atomic E-state index is 11.9. The Morgan fingerprint density at radius 2 is 2.38 bits per heavy atom. The molecule has 1 aromatic carbocycles. The maximum Gasteiger partial charge on any atom is 0.215 e. The van der Waals surface area contributed by atoms with Crippen LogP contribution in [0.2, 0.25) is 0 Å². The predicted molar refractivity (Wildman–Crippen MR) is 92.0 cm³/mol. The van der Waals surface area contributed by atoms with Gasteiger partial charge in [-0.25, -0.2) is 4.99 Å². The Bertz CT molecular complexity index is 1080. The third-order valence-corrected chi connectivity index (χ3v) is 6.89. The minimum absolute atomic E-state index is 0.0415. The molecule has 6 heteroatoms. The van der Waals surface area contributed by atoms with Crippen molar-refractivity contribution in [1.82, 2.24) is 0 Å². The highest BCUT2D eigenvalue weighted by Crippen LogP contribution is 2.60. The zero-order valence-electron chi connectivity index (χ0n) is 12.7. The summed E-state index contributed by atoms with van der Waals surface area (Å²) in [5, 5.41) is 16.6. The molecular weight excluding hydrogens is 322 g/mol. The number of rotatable bonds is 0. The lowest BCUT2D eigenvalue weighted by Crippen LogP contribution is -2.83. The van der Waals surface area contributed by atoms with Crippen LogP contribution in [0.5, 0.6) is 5.75 Å². The van der Waals surface area contributed by atoms with E-state index in [1.54, 1.807) is 23.9 Å². The average Bonchev–Trinajstić information content (AvgIpc) is 3.12. The van der Waals surface area contributed by atoms with Crippen LogP contribution in [0.3, 0.4) is 0 Å². The first-order chi connectivity index (χ1) is 11.7. The molecule has 4 aliphatic heterocycles. The molecule has 1 saturated heterocycles. The molecular formula is C18H14N3O2S+. The number of phenolic OH excluding ortho intramolecular Hbond substituents is 1. The van der Waals surface area contributed by atoms with Crippen LogP contribution in [0.1, 0.15) is 18.4 Å². The first-order valence-corrected chi connectivity index (χ1v) is 9.01. The third-order valence-electron chi connectivity index (χ3n) is 5.59. The number of carbonyl (C=O) groups excluding carboxylic acids is 1. The molecule has 5 aliphatic rings. The smallest absolute Gasteiger partial charge is 0.215 e. The molecule has 1 aliphatic carbocycles. The number of ketones is 1. The monoisotopic (exact) mass is 336 g/mol.